The highest BCUT2D eigenvalue weighted by molar-refractivity contribution is 5.76. The van der Waals surface area contributed by atoms with E-state index in [1.54, 1.807) is 0 Å². The Hall–Kier alpha value is -4.05. The molecule has 0 radical (unpaired) electrons. The lowest BCUT2D eigenvalue weighted by atomic mass is 9.97. The summed E-state index contributed by atoms with van der Waals surface area (Å²) < 4.78 is 47.1. The van der Waals surface area contributed by atoms with E-state index in [9.17, 15) is 15.0 Å². The molecule has 0 bridgehead atoms. The highest BCUT2D eigenvalue weighted by Gasteiger charge is 2.50. The fraction of sp³-hybridized carbons (Fsp3) is 0.528. The van der Waals surface area contributed by atoms with Gasteiger partial charge in [0.1, 0.15) is 30.5 Å². The SMILES string of the molecule is CCCCC(=O)N[C@@H](COC1OC(COC(C)(C)CCOC(C)(C)CCN)C(OCc2ccccc2)C(OCc2ccccc2)C1OCc1ccccc1)[C@H](O)[C@H](O)Cc1ccccc1. The maximum absolute atomic E-state index is 13.3. The van der Waals surface area contributed by atoms with E-state index in [1.807, 2.05) is 156 Å². The third kappa shape index (κ3) is 17.9. The minimum atomic E-state index is -1.38. The lowest BCUT2D eigenvalue weighted by molar-refractivity contribution is -0.332. The topological polar surface area (TPSA) is 160 Å². The summed E-state index contributed by atoms with van der Waals surface area (Å²) in [6.45, 7) is 11.7. The summed E-state index contributed by atoms with van der Waals surface area (Å²) in [4.78, 5) is 13.3. The molecule has 1 aliphatic rings. The lowest BCUT2D eigenvalue weighted by Crippen LogP contribution is -2.63. The number of ether oxygens (including phenoxy) is 7. The van der Waals surface area contributed by atoms with E-state index < -0.39 is 54.6 Å². The molecule has 0 aliphatic carbocycles. The first-order valence-corrected chi connectivity index (χ1v) is 23.3. The first kappa shape index (κ1) is 51.9. The van der Waals surface area contributed by atoms with Gasteiger partial charge in [-0.1, -0.05) is 135 Å². The number of amides is 1. The molecule has 356 valence electrons. The van der Waals surface area contributed by atoms with Crippen LogP contribution in [-0.2, 0) is 64.2 Å². The Morgan fingerprint density at radius 2 is 1.17 bits per heavy atom. The van der Waals surface area contributed by atoms with Crippen molar-refractivity contribution in [2.24, 2.45) is 5.73 Å². The summed E-state index contributed by atoms with van der Waals surface area (Å²) in [5, 5.41) is 26.1. The van der Waals surface area contributed by atoms with E-state index in [0.29, 0.717) is 26.0 Å². The highest BCUT2D eigenvalue weighted by Crippen LogP contribution is 2.33. The van der Waals surface area contributed by atoms with Crippen molar-refractivity contribution in [3.63, 3.8) is 0 Å². The van der Waals surface area contributed by atoms with Crippen molar-refractivity contribution >= 4 is 5.91 Å². The van der Waals surface area contributed by atoms with Gasteiger partial charge in [0.2, 0.25) is 5.91 Å². The lowest BCUT2D eigenvalue weighted by Gasteiger charge is -2.46. The highest BCUT2D eigenvalue weighted by atomic mass is 16.7. The van der Waals surface area contributed by atoms with Crippen molar-refractivity contribution in [2.75, 3.05) is 26.4 Å². The molecule has 5 N–H and O–H groups in total. The number of benzene rings is 4. The van der Waals surface area contributed by atoms with Gasteiger partial charge in [-0.3, -0.25) is 4.79 Å². The van der Waals surface area contributed by atoms with Gasteiger partial charge in [-0.05, 0) is 75.8 Å². The van der Waals surface area contributed by atoms with Crippen LogP contribution in [0.4, 0.5) is 0 Å². The summed E-state index contributed by atoms with van der Waals surface area (Å²) >= 11 is 0. The molecule has 1 heterocycles. The van der Waals surface area contributed by atoms with E-state index in [0.717, 1.165) is 35.1 Å². The first-order chi connectivity index (χ1) is 31.4. The Kier molecular flexibility index (Phi) is 21.5. The van der Waals surface area contributed by atoms with Crippen LogP contribution in [0.25, 0.3) is 0 Å². The van der Waals surface area contributed by atoms with Crippen LogP contribution in [-0.4, -0.2) is 103 Å². The van der Waals surface area contributed by atoms with Crippen LogP contribution >= 0.6 is 0 Å². The largest absolute Gasteiger partial charge is 0.390 e. The molecule has 1 fully saturated rings. The maximum Gasteiger partial charge on any atom is 0.220 e. The van der Waals surface area contributed by atoms with Crippen molar-refractivity contribution in [3.05, 3.63) is 144 Å². The second-order valence-corrected chi connectivity index (χ2v) is 18.2. The summed E-state index contributed by atoms with van der Waals surface area (Å²) in [6.07, 6.45) is -3.50. The molecule has 0 saturated carbocycles. The fourth-order valence-corrected chi connectivity index (χ4v) is 7.67. The molecule has 12 heteroatoms. The molecule has 0 spiro atoms. The van der Waals surface area contributed by atoms with Crippen LogP contribution in [0.15, 0.2) is 121 Å². The minimum Gasteiger partial charge on any atom is -0.390 e. The molecule has 4 aromatic rings. The number of hydrogen-bond donors (Lipinski definition) is 4. The summed E-state index contributed by atoms with van der Waals surface area (Å²) in [6, 6.07) is 38.0. The second-order valence-electron chi connectivity index (χ2n) is 18.2. The smallest absolute Gasteiger partial charge is 0.220 e. The predicted octanol–water partition coefficient (Wildman–Crippen LogP) is 7.45. The number of rotatable bonds is 29. The van der Waals surface area contributed by atoms with Crippen molar-refractivity contribution in [1.29, 1.82) is 0 Å². The van der Waals surface area contributed by atoms with E-state index in [2.05, 4.69) is 5.32 Å². The van der Waals surface area contributed by atoms with Crippen LogP contribution in [0.5, 0.6) is 0 Å². The molecule has 12 nitrogen and oxygen atoms in total. The van der Waals surface area contributed by atoms with Crippen LogP contribution in [0.3, 0.4) is 0 Å². The van der Waals surface area contributed by atoms with Gasteiger partial charge in [-0.15, -0.1) is 0 Å². The number of aliphatic hydroxyl groups is 2. The normalized spacial score (nSPS) is 20.5. The maximum atomic E-state index is 13.3. The number of aliphatic hydroxyl groups excluding tert-OH is 2. The monoisotopic (exact) mass is 899 g/mol. The summed E-state index contributed by atoms with van der Waals surface area (Å²) in [7, 11) is 0. The Morgan fingerprint density at radius 1 is 0.677 bits per heavy atom. The molecule has 65 heavy (non-hydrogen) atoms. The van der Waals surface area contributed by atoms with Gasteiger partial charge in [0.15, 0.2) is 6.29 Å². The second kappa shape index (κ2) is 26.9. The summed E-state index contributed by atoms with van der Waals surface area (Å²) in [5.41, 5.74) is 8.55. The molecule has 5 unspecified atom stereocenters. The zero-order valence-electron chi connectivity index (χ0n) is 39.1. The van der Waals surface area contributed by atoms with Crippen molar-refractivity contribution in [1.82, 2.24) is 5.32 Å². The zero-order valence-corrected chi connectivity index (χ0v) is 39.1. The zero-order chi connectivity index (χ0) is 46.5. The van der Waals surface area contributed by atoms with E-state index in [4.69, 9.17) is 38.9 Å². The Balaban J connectivity index is 1.48. The Morgan fingerprint density at radius 3 is 1.69 bits per heavy atom. The van der Waals surface area contributed by atoms with Crippen molar-refractivity contribution in [3.8, 4) is 0 Å². The number of carbonyl (C=O) groups is 1. The Bertz CT molecular complexity index is 1890. The quantitative estimate of drug-likeness (QED) is 0.0429. The molecule has 1 saturated heterocycles. The molecule has 0 aromatic heterocycles. The van der Waals surface area contributed by atoms with Gasteiger partial charge in [-0.2, -0.15) is 0 Å². The van der Waals surface area contributed by atoms with Crippen molar-refractivity contribution < 1.29 is 48.2 Å². The predicted molar refractivity (Wildman–Crippen MR) is 252 cm³/mol. The van der Waals surface area contributed by atoms with Gasteiger partial charge in [0, 0.05) is 12.8 Å². The van der Waals surface area contributed by atoms with Crippen LogP contribution < -0.4 is 11.1 Å². The standard InChI is InChI=1S/C53H74N2O10/c1-6-7-28-46(57)55-43(47(58)44(56)33-39-20-12-8-13-21-39)37-62-51-50(61-36-42-26-18-11-19-27-42)49(60-35-41-24-16-10-17-25-41)48(59-34-40-22-14-9-15-23-40)45(65-51)38-64-53(4,5)30-32-63-52(2,3)29-31-54/h8-27,43-45,47-51,56,58H,6-7,28-38,54H2,1-5H3,(H,55,57)/t43-,44+,45?,47-,48?,49?,50?,51?/m0/s1. The number of unbranched alkanes of at least 4 members (excludes halogenated alkanes) is 1. The third-order valence-corrected chi connectivity index (χ3v) is 11.7. The van der Waals surface area contributed by atoms with E-state index >= 15 is 0 Å². The first-order valence-electron chi connectivity index (χ1n) is 23.3. The molecule has 8 atom stereocenters. The van der Waals surface area contributed by atoms with Crippen LogP contribution in [0, 0.1) is 0 Å². The molecule has 1 aliphatic heterocycles. The number of nitrogens with two attached hydrogens (primary N) is 1. The van der Waals surface area contributed by atoms with Gasteiger partial charge < -0.3 is 54.4 Å². The van der Waals surface area contributed by atoms with Gasteiger partial charge >= 0.3 is 0 Å². The van der Waals surface area contributed by atoms with E-state index in [-0.39, 0.29) is 57.4 Å². The molecule has 5 rings (SSSR count). The van der Waals surface area contributed by atoms with Gasteiger partial charge in [0.05, 0.1) is 63.0 Å². The third-order valence-electron chi connectivity index (χ3n) is 11.7. The Labute approximate surface area is 387 Å². The number of carbonyl (C=O) groups excluding carboxylic acids is 1. The van der Waals surface area contributed by atoms with Crippen LogP contribution in [0.1, 0.15) is 89.0 Å². The number of hydrogen-bond acceptors (Lipinski definition) is 11. The molecular weight excluding hydrogens is 825 g/mol. The van der Waals surface area contributed by atoms with E-state index in [1.165, 1.54) is 0 Å². The molecule has 1 amide bonds. The molecular formula is C53H74N2O10. The van der Waals surface area contributed by atoms with Gasteiger partial charge in [-0.25, -0.2) is 0 Å². The summed E-state index contributed by atoms with van der Waals surface area (Å²) in [5.74, 6) is -0.254. The minimum absolute atomic E-state index is 0.102. The molecule has 4 aromatic carbocycles. The van der Waals surface area contributed by atoms with Crippen LogP contribution in [0.2, 0.25) is 0 Å². The van der Waals surface area contributed by atoms with Gasteiger partial charge in [0.25, 0.3) is 0 Å². The average Bonchev–Trinajstić information content (AvgIpc) is 3.30. The van der Waals surface area contributed by atoms with Crippen molar-refractivity contribution in [2.45, 2.75) is 153 Å². The fourth-order valence-electron chi connectivity index (χ4n) is 7.67. The average molecular weight is 899 g/mol. The number of nitrogens with one attached hydrogen (secondary N) is 1.